The van der Waals surface area contributed by atoms with Crippen LogP contribution in [0.2, 0.25) is 0 Å². The molecule has 56 heavy (non-hydrogen) atoms. The molecule has 0 fully saturated rings. The Bertz CT molecular complexity index is 3490. The largest absolute Gasteiger partial charge is 0.456 e. The fourth-order valence-corrected chi connectivity index (χ4v) is 8.65. The lowest BCUT2D eigenvalue weighted by Crippen LogP contribution is -2.10. The first-order valence-corrected chi connectivity index (χ1v) is 18.9. The lowest BCUT2D eigenvalue weighted by atomic mass is 9.99. The summed E-state index contributed by atoms with van der Waals surface area (Å²) in [5, 5.41) is 8.93. The Morgan fingerprint density at radius 3 is 1.54 bits per heavy atom. The molecule has 0 spiro atoms. The molecule has 0 radical (unpaired) electrons. The summed E-state index contributed by atoms with van der Waals surface area (Å²) in [4.78, 5) is 2.31. The van der Waals surface area contributed by atoms with E-state index in [1.54, 1.807) is 0 Å². The van der Waals surface area contributed by atoms with Crippen molar-refractivity contribution in [1.82, 2.24) is 0 Å². The summed E-state index contributed by atoms with van der Waals surface area (Å²) in [6.45, 7) is 0. The van der Waals surface area contributed by atoms with Crippen molar-refractivity contribution in [2.24, 2.45) is 0 Å². The topological polar surface area (TPSA) is 42.7 Å². The highest BCUT2D eigenvalue weighted by molar-refractivity contribution is 6.15. The highest BCUT2D eigenvalue weighted by Crippen LogP contribution is 2.44. The summed E-state index contributed by atoms with van der Waals surface area (Å²) in [7, 11) is 0. The zero-order valence-corrected chi connectivity index (χ0v) is 30.1. The Morgan fingerprint density at radius 2 is 0.821 bits per heavy atom. The number of hydrogen-bond acceptors (Lipinski definition) is 4. The molecule has 0 amide bonds. The Hall–Kier alpha value is -7.56. The molecule has 9 aromatic carbocycles. The van der Waals surface area contributed by atoms with Gasteiger partial charge in [-0.2, -0.15) is 0 Å². The van der Waals surface area contributed by atoms with Crippen molar-refractivity contribution in [3.8, 4) is 22.3 Å². The average Bonchev–Trinajstić information content (AvgIpc) is 3.94. The molecule has 0 atom stereocenters. The summed E-state index contributed by atoms with van der Waals surface area (Å²) in [6.07, 6.45) is 0. The normalized spacial score (nSPS) is 11.9. The molecule has 0 aliphatic heterocycles. The van der Waals surface area contributed by atoms with Crippen LogP contribution in [0.4, 0.5) is 17.1 Å². The number of anilines is 3. The van der Waals surface area contributed by atoms with E-state index in [2.05, 4.69) is 175 Å². The molecule has 3 aromatic heterocycles. The highest BCUT2D eigenvalue weighted by Gasteiger charge is 2.20. The van der Waals surface area contributed by atoms with Crippen molar-refractivity contribution < 1.29 is 13.3 Å². The Labute approximate surface area is 321 Å². The van der Waals surface area contributed by atoms with E-state index < -0.39 is 0 Å². The van der Waals surface area contributed by atoms with Gasteiger partial charge in [-0.05, 0) is 77.2 Å². The van der Waals surface area contributed by atoms with Gasteiger partial charge in [-0.3, -0.25) is 0 Å². The van der Waals surface area contributed by atoms with Crippen molar-refractivity contribution in [3.05, 3.63) is 188 Å². The van der Waals surface area contributed by atoms with Crippen molar-refractivity contribution in [3.63, 3.8) is 0 Å². The minimum atomic E-state index is 0.832. The fraction of sp³-hybridized carbons (Fsp3) is 0. The predicted molar refractivity (Wildman–Crippen MR) is 231 cm³/mol. The van der Waals surface area contributed by atoms with Crippen LogP contribution in [0.3, 0.4) is 0 Å². The number of rotatable bonds is 5. The minimum absolute atomic E-state index is 0.832. The molecule has 0 N–H and O–H groups in total. The minimum Gasteiger partial charge on any atom is -0.456 e. The molecule has 4 nitrogen and oxygen atoms in total. The molecule has 12 rings (SSSR count). The van der Waals surface area contributed by atoms with E-state index in [0.29, 0.717) is 0 Å². The summed E-state index contributed by atoms with van der Waals surface area (Å²) >= 11 is 0. The fourth-order valence-electron chi connectivity index (χ4n) is 8.65. The van der Waals surface area contributed by atoms with E-state index in [1.165, 1.54) is 10.8 Å². The van der Waals surface area contributed by atoms with E-state index in [4.69, 9.17) is 13.3 Å². The van der Waals surface area contributed by atoms with Crippen LogP contribution in [0.25, 0.3) is 98.8 Å². The van der Waals surface area contributed by atoms with Crippen LogP contribution in [0.15, 0.2) is 201 Å². The van der Waals surface area contributed by atoms with Gasteiger partial charge < -0.3 is 18.2 Å². The number of hydrogen-bond donors (Lipinski definition) is 0. The van der Waals surface area contributed by atoms with E-state index in [0.717, 1.165) is 105 Å². The second-order valence-corrected chi connectivity index (χ2v) is 14.4. The molecule has 0 saturated carbocycles. The first-order chi connectivity index (χ1) is 27.7. The second-order valence-electron chi connectivity index (χ2n) is 14.4. The molecule has 12 aromatic rings. The zero-order chi connectivity index (χ0) is 36.7. The molecule has 262 valence electrons. The smallest absolute Gasteiger partial charge is 0.143 e. The van der Waals surface area contributed by atoms with Gasteiger partial charge in [-0.25, -0.2) is 0 Å². The van der Waals surface area contributed by atoms with Crippen molar-refractivity contribution in [2.75, 3.05) is 4.90 Å². The van der Waals surface area contributed by atoms with Crippen molar-refractivity contribution >= 4 is 93.7 Å². The van der Waals surface area contributed by atoms with Crippen molar-refractivity contribution in [2.45, 2.75) is 0 Å². The summed E-state index contributed by atoms with van der Waals surface area (Å²) in [5.41, 5.74) is 12.5. The number of para-hydroxylation sites is 4. The maximum absolute atomic E-state index is 6.86. The molecule has 0 unspecified atom stereocenters. The third kappa shape index (κ3) is 4.66. The first kappa shape index (κ1) is 30.9. The van der Waals surface area contributed by atoms with Gasteiger partial charge in [0, 0.05) is 66.3 Å². The number of fused-ring (bicyclic) bond motifs is 10. The molecule has 4 heteroatoms. The lowest BCUT2D eigenvalue weighted by Gasteiger charge is -2.26. The molecule has 0 saturated heterocycles. The Balaban J connectivity index is 0.972. The van der Waals surface area contributed by atoms with Crippen LogP contribution in [0.1, 0.15) is 0 Å². The number of benzene rings is 9. The molecule has 0 aliphatic carbocycles. The van der Waals surface area contributed by atoms with Gasteiger partial charge >= 0.3 is 0 Å². The summed E-state index contributed by atoms with van der Waals surface area (Å²) in [5.74, 6) is 0. The highest BCUT2D eigenvalue weighted by atomic mass is 16.3. The van der Waals surface area contributed by atoms with Gasteiger partial charge in [0.15, 0.2) is 0 Å². The molecule has 3 heterocycles. The van der Waals surface area contributed by atoms with Crippen molar-refractivity contribution in [1.29, 1.82) is 0 Å². The predicted octanol–water partition coefficient (Wildman–Crippen LogP) is 15.3. The van der Waals surface area contributed by atoms with E-state index in [-0.39, 0.29) is 0 Å². The van der Waals surface area contributed by atoms with Crippen LogP contribution in [-0.2, 0) is 0 Å². The van der Waals surface area contributed by atoms with Crippen LogP contribution in [0, 0.1) is 0 Å². The van der Waals surface area contributed by atoms with Crippen LogP contribution < -0.4 is 4.90 Å². The maximum Gasteiger partial charge on any atom is 0.143 e. The molecular formula is C52H31NO3. The zero-order valence-electron chi connectivity index (χ0n) is 30.1. The van der Waals surface area contributed by atoms with E-state index in [9.17, 15) is 0 Å². The quantitative estimate of drug-likeness (QED) is 0.178. The van der Waals surface area contributed by atoms with Crippen LogP contribution >= 0.6 is 0 Å². The Kier molecular flexibility index (Phi) is 6.60. The molecule has 0 aliphatic rings. The second kappa shape index (κ2) is 12.0. The van der Waals surface area contributed by atoms with Gasteiger partial charge in [0.1, 0.15) is 33.5 Å². The SMILES string of the molecule is c1ccc(N(c2ccc3c(c2)oc2cc(-c4cccc5c4oc4c(-c6ccc7c(c6)oc6ccccc67)cccc45)ccc23)c2cccc3ccccc23)cc1. The molecular weight excluding hydrogens is 687 g/mol. The van der Waals surface area contributed by atoms with Gasteiger partial charge in [0.05, 0.1) is 5.69 Å². The third-order valence-electron chi connectivity index (χ3n) is 11.3. The standard InChI is InChI=1S/C52H31NO3/c1-2-13-35(14-3-1)53(46-21-8-12-32-11-4-5-15-37(32)46)36-25-28-43-42-27-24-34(30-49(42)55-50(43)31-36)39-18-10-20-45-44-19-9-17-38(51(44)56-52(39)45)33-23-26-41-40-16-6-7-22-47(40)54-48(41)29-33/h1-31H. The monoisotopic (exact) mass is 717 g/mol. The number of nitrogens with zero attached hydrogens (tertiary/aromatic N) is 1. The van der Waals surface area contributed by atoms with Gasteiger partial charge in [0.2, 0.25) is 0 Å². The lowest BCUT2D eigenvalue weighted by molar-refractivity contribution is 0.668. The first-order valence-electron chi connectivity index (χ1n) is 18.9. The summed E-state index contributed by atoms with van der Waals surface area (Å²) in [6, 6.07) is 65.9. The summed E-state index contributed by atoms with van der Waals surface area (Å²) < 4.78 is 19.8. The average molecular weight is 718 g/mol. The Morgan fingerprint density at radius 1 is 0.304 bits per heavy atom. The number of furan rings is 3. The van der Waals surface area contributed by atoms with Crippen LogP contribution in [0.5, 0.6) is 0 Å². The molecule has 0 bridgehead atoms. The van der Waals surface area contributed by atoms with E-state index in [1.807, 2.05) is 18.2 Å². The van der Waals surface area contributed by atoms with Gasteiger partial charge in [-0.1, -0.05) is 121 Å². The van der Waals surface area contributed by atoms with Gasteiger partial charge in [0.25, 0.3) is 0 Å². The van der Waals surface area contributed by atoms with Gasteiger partial charge in [-0.15, -0.1) is 0 Å². The van der Waals surface area contributed by atoms with Crippen LogP contribution in [-0.4, -0.2) is 0 Å². The third-order valence-corrected chi connectivity index (χ3v) is 11.3. The van der Waals surface area contributed by atoms with E-state index >= 15 is 0 Å². The maximum atomic E-state index is 6.86.